The van der Waals surface area contributed by atoms with E-state index in [-0.39, 0.29) is 42.0 Å². The number of aliphatic hydroxyl groups excluding tert-OH is 2. The van der Waals surface area contributed by atoms with Crippen LogP contribution in [0, 0.1) is 11.8 Å². The monoisotopic (exact) mass is 478 g/mol. The van der Waals surface area contributed by atoms with Crippen molar-refractivity contribution in [2.24, 2.45) is 11.8 Å². The number of fused-ring (bicyclic) bond motifs is 6. The second-order valence-corrected chi connectivity index (χ2v) is 11.2. The Morgan fingerprint density at radius 3 is 2.25 bits per heavy atom. The molecule has 4 aromatic rings. The summed E-state index contributed by atoms with van der Waals surface area (Å²) in [5.41, 5.74) is 8.76. The van der Waals surface area contributed by atoms with E-state index in [1.54, 1.807) is 0 Å². The number of imidazole rings is 2. The average molecular weight is 479 g/mol. The Labute approximate surface area is 210 Å². The molecule has 0 radical (unpaired) electrons. The van der Waals surface area contributed by atoms with Gasteiger partial charge in [-0.25, -0.2) is 9.97 Å². The van der Waals surface area contributed by atoms with Crippen LogP contribution < -0.4 is 0 Å². The van der Waals surface area contributed by atoms with Crippen molar-refractivity contribution in [1.82, 2.24) is 19.1 Å². The van der Waals surface area contributed by atoms with Crippen LogP contribution in [0.15, 0.2) is 67.5 Å². The number of aromatic nitrogens is 4. The van der Waals surface area contributed by atoms with Gasteiger partial charge in [0.05, 0.1) is 60.7 Å². The van der Waals surface area contributed by atoms with E-state index in [1.165, 1.54) is 27.8 Å². The summed E-state index contributed by atoms with van der Waals surface area (Å²) in [6, 6.07) is 15.5. The molecule has 2 N–H and O–H groups in total. The lowest BCUT2D eigenvalue weighted by Crippen LogP contribution is -2.24. The first-order valence-corrected chi connectivity index (χ1v) is 13.3. The molecular formula is C30H30N4O2. The normalized spacial score (nSPS) is 31.9. The van der Waals surface area contributed by atoms with Gasteiger partial charge in [-0.2, -0.15) is 0 Å². The summed E-state index contributed by atoms with van der Waals surface area (Å²) in [6.07, 6.45) is 11.9. The van der Waals surface area contributed by atoms with Crippen LogP contribution in [0.1, 0.15) is 66.8 Å². The van der Waals surface area contributed by atoms with E-state index in [1.807, 2.05) is 25.0 Å². The molecule has 7 atom stereocenters. The van der Waals surface area contributed by atoms with E-state index in [2.05, 4.69) is 61.6 Å². The minimum Gasteiger partial charge on any atom is -0.393 e. The Bertz CT molecular complexity index is 1470. The largest absolute Gasteiger partial charge is 0.393 e. The van der Waals surface area contributed by atoms with Crippen LogP contribution >= 0.6 is 0 Å². The molecule has 4 heterocycles. The molecule has 2 aromatic carbocycles. The van der Waals surface area contributed by atoms with Gasteiger partial charge in [0, 0.05) is 23.0 Å². The van der Waals surface area contributed by atoms with Gasteiger partial charge in [0.15, 0.2) is 0 Å². The van der Waals surface area contributed by atoms with Crippen LogP contribution in [0.3, 0.4) is 0 Å². The van der Waals surface area contributed by atoms with Crippen molar-refractivity contribution >= 4 is 0 Å². The van der Waals surface area contributed by atoms with Gasteiger partial charge in [0.1, 0.15) is 0 Å². The first-order valence-electron chi connectivity index (χ1n) is 13.3. The van der Waals surface area contributed by atoms with Crippen LogP contribution in [0.25, 0.3) is 22.5 Å². The molecule has 2 aromatic heterocycles. The lowest BCUT2D eigenvalue weighted by Gasteiger charge is -2.25. The Kier molecular flexibility index (Phi) is 4.44. The SMILES string of the molecule is O[C@@H]1CC(c2cccc3c2-c2cncn2[C@H]3[C@H]2CCC[C@H]2O)C[C@H]1[C@@H]1c2ccccc2-c2cncn21. The maximum Gasteiger partial charge on any atom is 0.0956 e. The standard InChI is InChI=1S/C30H30N4O2/c35-26-10-4-8-21(26)30-22-9-3-7-18(28(22)25-14-32-16-34(25)30)17-11-23(27(36)12-17)29-20-6-2-1-5-19(20)24-13-31-15-33(24)29/h1-3,5-7,9,13-17,21,23,26-27,29-30,35-36H,4,8,10-12H2/t17?,21-,23+,26+,27+,29-,30-/m0/s1. The molecule has 8 rings (SSSR count). The van der Waals surface area contributed by atoms with Crippen molar-refractivity contribution in [2.75, 3.05) is 0 Å². The van der Waals surface area contributed by atoms with E-state index in [0.717, 1.165) is 43.5 Å². The van der Waals surface area contributed by atoms with Crippen molar-refractivity contribution in [3.8, 4) is 22.5 Å². The fraction of sp³-hybridized carbons (Fsp3) is 0.400. The molecule has 2 aliphatic heterocycles. The molecule has 6 heteroatoms. The van der Waals surface area contributed by atoms with Crippen LogP contribution in [-0.4, -0.2) is 41.5 Å². The van der Waals surface area contributed by atoms with Crippen LogP contribution in [0.2, 0.25) is 0 Å². The highest BCUT2D eigenvalue weighted by Crippen LogP contribution is 2.55. The smallest absolute Gasteiger partial charge is 0.0956 e. The summed E-state index contributed by atoms with van der Waals surface area (Å²) in [4.78, 5) is 8.95. The Morgan fingerprint density at radius 1 is 0.694 bits per heavy atom. The second kappa shape index (κ2) is 7.64. The van der Waals surface area contributed by atoms with E-state index in [4.69, 9.17) is 0 Å². The molecule has 2 fully saturated rings. The number of hydrogen-bond donors (Lipinski definition) is 2. The lowest BCUT2D eigenvalue weighted by atomic mass is 9.84. The van der Waals surface area contributed by atoms with E-state index in [9.17, 15) is 10.2 Å². The summed E-state index contributed by atoms with van der Waals surface area (Å²) in [5, 5.41) is 22.2. The van der Waals surface area contributed by atoms with Crippen molar-refractivity contribution in [1.29, 1.82) is 0 Å². The minimum absolute atomic E-state index is 0.113. The number of hydrogen-bond acceptors (Lipinski definition) is 4. The highest BCUT2D eigenvalue weighted by atomic mass is 16.3. The lowest BCUT2D eigenvalue weighted by molar-refractivity contribution is 0.112. The maximum absolute atomic E-state index is 11.4. The first kappa shape index (κ1) is 20.9. The highest BCUT2D eigenvalue weighted by molar-refractivity contribution is 5.74. The second-order valence-electron chi connectivity index (χ2n) is 11.2. The van der Waals surface area contributed by atoms with Crippen molar-refractivity contribution < 1.29 is 10.2 Å². The number of aliphatic hydroxyl groups is 2. The van der Waals surface area contributed by atoms with Crippen molar-refractivity contribution in [2.45, 2.75) is 62.3 Å². The molecule has 4 aliphatic rings. The molecule has 0 amide bonds. The third-order valence-electron chi connectivity index (χ3n) is 9.55. The van der Waals surface area contributed by atoms with Crippen molar-refractivity contribution in [3.05, 3.63) is 84.2 Å². The van der Waals surface area contributed by atoms with Crippen LogP contribution in [-0.2, 0) is 0 Å². The summed E-state index contributed by atoms with van der Waals surface area (Å²) in [7, 11) is 0. The Balaban J connectivity index is 1.19. The summed E-state index contributed by atoms with van der Waals surface area (Å²) < 4.78 is 4.56. The molecule has 6 nitrogen and oxygen atoms in total. The molecule has 182 valence electrons. The van der Waals surface area contributed by atoms with Gasteiger partial charge in [-0.05, 0) is 48.3 Å². The molecule has 36 heavy (non-hydrogen) atoms. The molecule has 2 aliphatic carbocycles. The van der Waals surface area contributed by atoms with Gasteiger partial charge >= 0.3 is 0 Å². The predicted octanol–water partition coefficient (Wildman–Crippen LogP) is 4.93. The van der Waals surface area contributed by atoms with E-state index in [0.29, 0.717) is 0 Å². The van der Waals surface area contributed by atoms with E-state index < -0.39 is 0 Å². The maximum atomic E-state index is 11.4. The fourth-order valence-corrected chi connectivity index (χ4v) is 8.07. The molecule has 0 saturated heterocycles. The molecular weight excluding hydrogens is 448 g/mol. The third-order valence-corrected chi connectivity index (χ3v) is 9.55. The molecule has 1 unspecified atom stereocenters. The minimum atomic E-state index is -0.379. The van der Waals surface area contributed by atoms with Crippen molar-refractivity contribution in [3.63, 3.8) is 0 Å². The Morgan fingerprint density at radius 2 is 1.42 bits per heavy atom. The van der Waals surface area contributed by atoms with Gasteiger partial charge in [-0.3, -0.25) is 0 Å². The number of nitrogens with zero attached hydrogens (tertiary/aromatic N) is 4. The summed E-state index contributed by atoms with van der Waals surface area (Å²) in [6.45, 7) is 0. The van der Waals surface area contributed by atoms with Crippen LogP contribution in [0.5, 0.6) is 0 Å². The first-order chi connectivity index (χ1) is 17.7. The molecule has 0 spiro atoms. The average Bonchev–Trinajstić information content (AvgIpc) is 3.71. The zero-order valence-electron chi connectivity index (χ0n) is 20.1. The zero-order chi connectivity index (χ0) is 24.0. The predicted molar refractivity (Wildman–Crippen MR) is 136 cm³/mol. The van der Waals surface area contributed by atoms with Gasteiger partial charge < -0.3 is 19.3 Å². The zero-order valence-corrected chi connectivity index (χ0v) is 20.1. The highest BCUT2D eigenvalue weighted by Gasteiger charge is 2.46. The fourth-order valence-electron chi connectivity index (χ4n) is 8.07. The molecule has 2 saturated carbocycles. The van der Waals surface area contributed by atoms with Gasteiger partial charge in [0.25, 0.3) is 0 Å². The van der Waals surface area contributed by atoms with Gasteiger partial charge in [0.2, 0.25) is 0 Å². The van der Waals surface area contributed by atoms with Gasteiger partial charge in [-0.15, -0.1) is 0 Å². The van der Waals surface area contributed by atoms with Gasteiger partial charge in [-0.1, -0.05) is 48.9 Å². The van der Waals surface area contributed by atoms with Crippen LogP contribution in [0.4, 0.5) is 0 Å². The third kappa shape index (κ3) is 2.74. The summed E-state index contributed by atoms with van der Waals surface area (Å²) in [5.74, 6) is 0.627. The number of rotatable bonds is 3. The summed E-state index contributed by atoms with van der Waals surface area (Å²) >= 11 is 0. The topological polar surface area (TPSA) is 76.1 Å². The Hall–Kier alpha value is -3.22. The quantitative estimate of drug-likeness (QED) is 0.438. The molecule has 0 bridgehead atoms. The number of benzene rings is 2. The van der Waals surface area contributed by atoms with E-state index >= 15 is 0 Å².